The molecule has 1 aliphatic heterocycles. The van der Waals surface area contributed by atoms with Crippen molar-refractivity contribution in [3.05, 3.63) is 52.7 Å². The predicted octanol–water partition coefficient (Wildman–Crippen LogP) is 5.71. The van der Waals surface area contributed by atoms with E-state index in [0.717, 1.165) is 49.5 Å². The monoisotopic (exact) mass is 471 g/mol. The highest BCUT2D eigenvalue weighted by Crippen LogP contribution is 2.28. The summed E-state index contributed by atoms with van der Waals surface area (Å²) in [6.07, 6.45) is 4.05. The highest BCUT2D eigenvalue weighted by atomic mass is 79.9. The van der Waals surface area contributed by atoms with Crippen LogP contribution in [0.25, 0.3) is 12.2 Å². The first-order chi connectivity index (χ1) is 11.0. The number of carbonyl (C=O) groups is 1. The van der Waals surface area contributed by atoms with E-state index in [9.17, 15) is 4.79 Å². The number of halogens is 2. The molecule has 0 aromatic carbocycles. The predicted molar refractivity (Wildman–Crippen MR) is 107 cm³/mol. The molecule has 3 rings (SSSR count). The van der Waals surface area contributed by atoms with Crippen LogP contribution in [0.3, 0.4) is 0 Å². The number of rotatable bonds is 3. The van der Waals surface area contributed by atoms with E-state index in [1.54, 1.807) is 22.7 Å². The number of nitrogens with zero attached hydrogens (tertiary/aromatic N) is 1. The van der Waals surface area contributed by atoms with Gasteiger partial charge in [0, 0.05) is 53.7 Å². The minimum absolute atomic E-state index is 0.170. The summed E-state index contributed by atoms with van der Waals surface area (Å²) < 4.78 is 2.12. The third-order valence-corrected chi connectivity index (χ3v) is 6.91. The second-order valence-electron chi connectivity index (χ2n) is 5.31. The number of thiophene rings is 2. The fraction of sp³-hybridized carbons (Fsp3) is 0.235. The molecule has 2 aromatic rings. The first kappa shape index (κ1) is 17.3. The summed E-state index contributed by atoms with van der Waals surface area (Å²) in [6, 6.07) is 4.10. The van der Waals surface area contributed by atoms with Gasteiger partial charge >= 0.3 is 0 Å². The lowest BCUT2D eigenvalue weighted by Gasteiger charge is -2.28. The number of Topliss-reactive ketones (excluding diaryl/α,β-unsaturated/α-hetero) is 1. The Morgan fingerprint density at radius 1 is 1.04 bits per heavy atom. The number of likely N-dealkylation sites (N-methyl/N-ethyl adjacent to an activating group) is 1. The normalized spacial score (nSPS) is 19.9. The summed E-state index contributed by atoms with van der Waals surface area (Å²) in [6.45, 7) is 4.51. The van der Waals surface area contributed by atoms with Crippen molar-refractivity contribution in [1.82, 2.24) is 4.90 Å². The molecule has 0 saturated carbocycles. The lowest BCUT2D eigenvalue weighted by molar-refractivity contribution is -0.113. The molecule has 0 aliphatic carbocycles. The lowest BCUT2D eigenvalue weighted by atomic mass is 9.96. The van der Waals surface area contributed by atoms with Gasteiger partial charge in [0.05, 0.1) is 0 Å². The molecule has 6 heteroatoms. The number of likely N-dealkylation sites (tertiary alicyclic amines) is 1. The Bertz CT molecular complexity index is 726. The van der Waals surface area contributed by atoms with Crippen LogP contribution in [-0.2, 0) is 4.79 Å². The largest absolute Gasteiger partial charge is 0.295 e. The maximum atomic E-state index is 12.8. The van der Waals surface area contributed by atoms with E-state index in [1.807, 2.05) is 22.9 Å². The second-order valence-corrected chi connectivity index (χ2v) is 9.02. The smallest absolute Gasteiger partial charge is 0.187 e. The highest BCUT2D eigenvalue weighted by Gasteiger charge is 2.25. The molecule has 23 heavy (non-hydrogen) atoms. The Hall–Kier alpha value is -0.530. The van der Waals surface area contributed by atoms with Crippen LogP contribution in [0.1, 0.15) is 16.7 Å². The average molecular weight is 473 g/mol. The van der Waals surface area contributed by atoms with Crippen molar-refractivity contribution in [2.45, 2.75) is 6.92 Å². The molecule has 2 aromatic heterocycles. The molecule has 0 unspecified atom stereocenters. The van der Waals surface area contributed by atoms with E-state index >= 15 is 0 Å². The number of ketones is 1. The Kier molecular flexibility index (Phi) is 5.69. The molecular weight excluding hydrogens is 458 g/mol. The van der Waals surface area contributed by atoms with Gasteiger partial charge in [0.15, 0.2) is 5.78 Å². The summed E-state index contributed by atoms with van der Waals surface area (Å²) in [5.74, 6) is 0.170. The van der Waals surface area contributed by atoms with Gasteiger partial charge in [-0.15, -0.1) is 22.7 Å². The molecule has 2 nitrogen and oxygen atoms in total. The van der Waals surface area contributed by atoms with Gasteiger partial charge in [0.1, 0.15) is 0 Å². The minimum Gasteiger partial charge on any atom is -0.295 e. The molecular formula is C17H15Br2NOS2. The van der Waals surface area contributed by atoms with Gasteiger partial charge in [-0.3, -0.25) is 9.69 Å². The van der Waals surface area contributed by atoms with E-state index in [1.165, 1.54) is 0 Å². The number of piperidine rings is 1. The lowest BCUT2D eigenvalue weighted by Crippen LogP contribution is -2.37. The maximum absolute atomic E-state index is 12.8. The number of hydrogen-bond acceptors (Lipinski definition) is 4. The third-order valence-electron chi connectivity index (χ3n) is 3.63. The van der Waals surface area contributed by atoms with E-state index in [-0.39, 0.29) is 5.78 Å². The van der Waals surface area contributed by atoms with Crippen molar-refractivity contribution in [2.75, 3.05) is 19.6 Å². The van der Waals surface area contributed by atoms with Crippen molar-refractivity contribution < 1.29 is 4.79 Å². The third kappa shape index (κ3) is 4.31. The highest BCUT2D eigenvalue weighted by molar-refractivity contribution is 9.10. The zero-order valence-electron chi connectivity index (χ0n) is 12.5. The van der Waals surface area contributed by atoms with Crippen molar-refractivity contribution in [3.8, 4) is 0 Å². The van der Waals surface area contributed by atoms with Gasteiger partial charge in [-0.1, -0.05) is 6.92 Å². The Labute approximate surface area is 160 Å². The van der Waals surface area contributed by atoms with Crippen molar-refractivity contribution >= 4 is 72.5 Å². The van der Waals surface area contributed by atoms with Gasteiger partial charge in [-0.2, -0.15) is 0 Å². The van der Waals surface area contributed by atoms with Crippen LogP contribution in [0.4, 0.5) is 0 Å². The summed E-state index contributed by atoms with van der Waals surface area (Å²) >= 11 is 10.2. The fourth-order valence-electron chi connectivity index (χ4n) is 2.48. The first-order valence-electron chi connectivity index (χ1n) is 7.21. The zero-order valence-corrected chi connectivity index (χ0v) is 17.3. The van der Waals surface area contributed by atoms with Gasteiger partial charge in [-0.25, -0.2) is 0 Å². The summed E-state index contributed by atoms with van der Waals surface area (Å²) in [5, 5.41) is 4.08. The average Bonchev–Trinajstić information content (AvgIpc) is 3.11. The number of hydrogen-bond donors (Lipinski definition) is 0. The Morgan fingerprint density at radius 3 is 1.87 bits per heavy atom. The molecule has 0 amide bonds. The maximum Gasteiger partial charge on any atom is 0.187 e. The zero-order chi connectivity index (χ0) is 16.4. The van der Waals surface area contributed by atoms with Crippen LogP contribution < -0.4 is 0 Å². The van der Waals surface area contributed by atoms with Gasteiger partial charge in [0.2, 0.25) is 0 Å². The second kappa shape index (κ2) is 7.57. The first-order valence-corrected chi connectivity index (χ1v) is 10.6. The van der Waals surface area contributed by atoms with Gasteiger partial charge in [0.25, 0.3) is 0 Å². The molecule has 0 N–H and O–H groups in total. The Morgan fingerprint density at radius 2 is 1.52 bits per heavy atom. The van der Waals surface area contributed by atoms with Crippen LogP contribution in [0.5, 0.6) is 0 Å². The molecule has 3 heterocycles. The standard InChI is InChI=1S/C17H15Br2NOS2/c1-2-20-7-11(3-15-5-13(18)9-22-15)17(21)12(8-20)4-16-6-14(19)10-23-16/h3-6,9-10H,2,7-8H2,1H3. The van der Waals surface area contributed by atoms with Gasteiger partial charge < -0.3 is 0 Å². The Balaban J connectivity index is 1.93. The fourth-order valence-corrected chi connectivity index (χ4v) is 5.29. The van der Waals surface area contributed by atoms with E-state index < -0.39 is 0 Å². The molecule has 0 radical (unpaired) electrons. The van der Waals surface area contributed by atoms with E-state index in [4.69, 9.17) is 0 Å². The molecule has 1 fully saturated rings. The van der Waals surface area contributed by atoms with Crippen LogP contribution in [0, 0.1) is 0 Å². The summed E-state index contributed by atoms with van der Waals surface area (Å²) in [7, 11) is 0. The summed E-state index contributed by atoms with van der Waals surface area (Å²) in [4.78, 5) is 17.3. The van der Waals surface area contributed by atoms with Crippen molar-refractivity contribution in [2.24, 2.45) is 0 Å². The van der Waals surface area contributed by atoms with Crippen LogP contribution >= 0.6 is 54.5 Å². The summed E-state index contributed by atoms with van der Waals surface area (Å²) in [5.41, 5.74) is 1.74. The molecule has 1 saturated heterocycles. The van der Waals surface area contributed by atoms with Crippen LogP contribution in [-0.4, -0.2) is 30.3 Å². The van der Waals surface area contributed by atoms with E-state index in [0.29, 0.717) is 0 Å². The topological polar surface area (TPSA) is 20.3 Å². The minimum atomic E-state index is 0.170. The molecule has 120 valence electrons. The van der Waals surface area contributed by atoms with Crippen molar-refractivity contribution in [1.29, 1.82) is 0 Å². The van der Waals surface area contributed by atoms with Gasteiger partial charge in [-0.05, 0) is 62.7 Å². The molecule has 0 bridgehead atoms. The molecule has 1 aliphatic rings. The van der Waals surface area contributed by atoms with Crippen molar-refractivity contribution in [3.63, 3.8) is 0 Å². The molecule has 0 spiro atoms. The quantitative estimate of drug-likeness (QED) is 0.533. The van der Waals surface area contributed by atoms with Crippen LogP contribution in [0.2, 0.25) is 0 Å². The van der Waals surface area contributed by atoms with Crippen LogP contribution in [0.15, 0.2) is 43.0 Å². The number of carbonyl (C=O) groups excluding carboxylic acids is 1. The molecule has 0 atom stereocenters. The van der Waals surface area contributed by atoms with E-state index in [2.05, 4.69) is 55.8 Å². The SMILES string of the molecule is CCN1CC(=Cc2cc(Br)cs2)C(=O)C(=Cc2cc(Br)cs2)C1.